The highest BCUT2D eigenvalue weighted by molar-refractivity contribution is 5.96. The lowest BCUT2D eigenvalue weighted by Crippen LogP contribution is -2.34. The van der Waals surface area contributed by atoms with E-state index in [0.29, 0.717) is 23.1 Å². The normalized spacial score (nSPS) is 10.9. The molecule has 1 rings (SSSR count). The fraction of sp³-hybridized carbons (Fsp3) is 0.579. The molecular formula is C19H30N2O2. The van der Waals surface area contributed by atoms with Crippen LogP contribution in [0.3, 0.4) is 0 Å². The Morgan fingerprint density at radius 3 is 2.09 bits per heavy atom. The second-order valence-corrected chi connectivity index (χ2v) is 6.92. The summed E-state index contributed by atoms with van der Waals surface area (Å²) in [6, 6.07) is 7.17. The molecule has 23 heavy (non-hydrogen) atoms. The molecule has 128 valence electrons. The first-order valence-electron chi connectivity index (χ1n) is 8.46. The summed E-state index contributed by atoms with van der Waals surface area (Å²) in [6.07, 6.45) is 1.99. The molecule has 0 bridgehead atoms. The quantitative estimate of drug-likeness (QED) is 0.781. The summed E-state index contributed by atoms with van der Waals surface area (Å²) in [5.41, 5.74) is 1.29. The molecule has 0 aromatic heterocycles. The van der Waals surface area contributed by atoms with Gasteiger partial charge >= 0.3 is 0 Å². The van der Waals surface area contributed by atoms with Gasteiger partial charge in [0.05, 0.1) is 0 Å². The number of anilines is 1. The smallest absolute Gasteiger partial charge is 0.253 e. The Kier molecular flexibility index (Phi) is 7.79. The summed E-state index contributed by atoms with van der Waals surface area (Å²) >= 11 is 0. The van der Waals surface area contributed by atoms with Crippen LogP contribution in [0.4, 0.5) is 5.69 Å². The van der Waals surface area contributed by atoms with E-state index in [1.807, 2.05) is 17.0 Å². The van der Waals surface area contributed by atoms with Crippen LogP contribution in [0.1, 0.15) is 57.8 Å². The van der Waals surface area contributed by atoms with Crippen LogP contribution < -0.4 is 5.32 Å². The molecule has 2 amide bonds. The molecule has 0 saturated heterocycles. The van der Waals surface area contributed by atoms with Gasteiger partial charge in [-0.1, -0.05) is 33.8 Å². The van der Waals surface area contributed by atoms with Crippen LogP contribution >= 0.6 is 0 Å². The minimum absolute atomic E-state index is 0.0403. The maximum atomic E-state index is 12.8. The van der Waals surface area contributed by atoms with Gasteiger partial charge in [0.15, 0.2) is 0 Å². The Balaban J connectivity index is 2.86. The number of hydrogen-bond donors (Lipinski definition) is 1. The second kappa shape index (κ2) is 9.33. The van der Waals surface area contributed by atoms with E-state index in [2.05, 4.69) is 33.0 Å². The van der Waals surface area contributed by atoms with Gasteiger partial charge in [0.2, 0.25) is 5.91 Å². The molecule has 0 aliphatic carbocycles. The number of nitrogens with one attached hydrogen (secondary N) is 1. The Bertz CT molecular complexity index is 512. The van der Waals surface area contributed by atoms with Crippen LogP contribution in [0, 0.1) is 11.8 Å². The first-order valence-corrected chi connectivity index (χ1v) is 8.46. The van der Waals surface area contributed by atoms with Crippen molar-refractivity contribution in [2.45, 2.75) is 47.5 Å². The van der Waals surface area contributed by atoms with Crippen LogP contribution in [-0.4, -0.2) is 29.8 Å². The number of nitrogens with zero attached hydrogens (tertiary/aromatic N) is 1. The van der Waals surface area contributed by atoms with Gasteiger partial charge in [-0.2, -0.15) is 0 Å². The first kappa shape index (κ1) is 19.2. The summed E-state index contributed by atoms with van der Waals surface area (Å²) in [4.78, 5) is 25.9. The lowest BCUT2D eigenvalue weighted by molar-refractivity contribution is -0.114. The minimum Gasteiger partial charge on any atom is -0.339 e. The Morgan fingerprint density at radius 2 is 1.61 bits per heavy atom. The zero-order valence-corrected chi connectivity index (χ0v) is 15.1. The largest absolute Gasteiger partial charge is 0.339 e. The van der Waals surface area contributed by atoms with E-state index in [9.17, 15) is 9.59 Å². The van der Waals surface area contributed by atoms with E-state index in [1.54, 1.807) is 12.1 Å². The molecule has 0 radical (unpaired) electrons. The lowest BCUT2D eigenvalue weighted by Gasteiger charge is -2.25. The number of carbonyl (C=O) groups excluding carboxylic acids is 2. The third-order valence-corrected chi connectivity index (χ3v) is 3.67. The number of rotatable bonds is 8. The van der Waals surface area contributed by atoms with Crippen molar-refractivity contribution in [1.82, 2.24) is 4.90 Å². The standard InChI is InChI=1S/C19H30N2O2/c1-14(2)9-11-21(12-10-15(3)4)19(23)17-7-6-8-18(13-17)20-16(5)22/h6-8,13-15H,9-12H2,1-5H3,(H,20,22). The summed E-state index contributed by atoms with van der Waals surface area (Å²) in [7, 11) is 0. The van der Waals surface area contributed by atoms with Crippen molar-refractivity contribution in [3.8, 4) is 0 Å². The zero-order chi connectivity index (χ0) is 17.4. The highest BCUT2D eigenvalue weighted by Crippen LogP contribution is 2.15. The van der Waals surface area contributed by atoms with Gasteiger partial charge in [0.1, 0.15) is 0 Å². The third-order valence-electron chi connectivity index (χ3n) is 3.67. The van der Waals surface area contributed by atoms with Crippen LogP contribution in [0.15, 0.2) is 24.3 Å². The SMILES string of the molecule is CC(=O)Nc1cccc(C(=O)N(CCC(C)C)CCC(C)C)c1. The number of carbonyl (C=O) groups is 2. The Hall–Kier alpha value is -1.84. The van der Waals surface area contributed by atoms with Crippen molar-refractivity contribution in [1.29, 1.82) is 0 Å². The molecule has 0 heterocycles. The average Bonchev–Trinajstić information content (AvgIpc) is 2.45. The predicted molar refractivity (Wildman–Crippen MR) is 95.6 cm³/mol. The zero-order valence-electron chi connectivity index (χ0n) is 15.1. The number of amides is 2. The van der Waals surface area contributed by atoms with E-state index in [-0.39, 0.29) is 11.8 Å². The molecule has 1 aromatic carbocycles. The van der Waals surface area contributed by atoms with Gasteiger partial charge in [-0.25, -0.2) is 0 Å². The molecule has 0 unspecified atom stereocenters. The number of benzene rings is 1. The molecule has 1 aromatic rings. The monoisotopic (exact) mass is 318 g/mol. The summed E-state index contributed by atoms with van der Waals surface area (Å²) in [5, 5.41) is 2.73. The van der Waals surface area contributed by atoms with Crippen molar-refractivity contribution >= 4 is 17.5 Å². The van der Waals surface area contributed by atoms with Gasteiger partial charge in [-0.05, 0) is 42.9 Å². The summed E-state index contributed by atoms with van der Waals surface area (Å²) in [5.74, 6) is 1.04. The topological polar surface area (TPSA) is 49.4 Å². The Morgan fingerprint density at radius 1 is 1.04 bits per heavy atom. The van der Waals surface area contributed by atoms with E-state index in [0.717, 1.165) is 25.9 Å². The molecular weight excluding hydrogens is 288 g/mol. The first-order chi connectivity index (χ1) is 10.8. The van der Waals surface area contributed by atoms with E-state index >= 15 is 0 Å². The predicted octanol–water partition coefficient (Wildman–Crippen LogP) is 4.18. The molecule has 0 saturated carbocycles. The molecule has 4 nitrogen and oxygen atoms in total. The fourth-order valence-corrected chi connectivity index (χ4v) is 2.26. The van der Waals surface area contributed by atoms with Gasteiger partial charge < -0.3 is 10.2 Å². The van der Waals surface area contributed by atoms with Crippen molar-refractivity contribution < 1.29 is 9.59 Å². The fourth-order valence-electron chi connectivity index (χ4n) is 2.26. The minimum atomic E-state index is -0.133. The van der Waals surface area contributed by atoms with Gasteiger partial charge in [0.25, 0.3) is 5.91 Å². The van der Waals surface area contributed by atoms with Crippen molar-refractivity contribution in [2.24, 2.45) is 11.8 Å². The number of hydrogen-bond acceptors (Lipinski definition) is 2. The van der Waals surface area contributed by atoms with E-state index in [1.165, 1.54) is 6.92 Å². The summed E-state index contributed by atoms with van der Waals surface area (Å²) in [6.45, 7) is 11.7. The highest BCUT2D eigenvalue weighted by Gasteiger charge is 2.17. The molecule has 4 heteroatoms. The van der Waals surface area contributed by atoms with Gasteiger partial charge in [0, 0.05) is 31.3 Å². The second-order valence-electron chi connectivity index (χ2n) is 6.92. The maximum Gasteiger partial charge on any atom is 0.253 e. The Labute approximate surface area is 140 Å². The van der Waals surface area contributed by atoms with Crippen LogP contribution in [-0.2, 0) is 4.79 Å². The van der Waals surface area contributed by atoms with Crippen LogP contribution in [0.2, 0.25) is 0 Å². The molecule has 0 spiro atoms. The van der Waals surface area contributed by atoms with Crippen LogP contribution in [0.25, 0.3) is 0 Å². The van der Waals surface area contributed by atoms with Gasteiger partial charge in [-0.15, -0.1) is 0 Å². The van der Waals surface area contributed by atoms with Crippen molar-refractivity contribution in [3.05, 3.63) is 29.8 Å². The van der Waals surface area contributed by atoms with Gasteiger partial charge in [-0.3, -0.25) is 9.59 Å². The maximum absolute atomic E-state index is 12.8. The molecule has 0 aliphatic rings. The van der Waals surface area contributed by atoms with Crippen molar-refractivity contribution in [3.63, 3.8) is 0 Å². The van der Waals surface area contributed by atoms with Crippen molar-refractivity contribution in [2.75, 3.05) is 18.4 Å². The molecule has 1 N–H and O–H groups in total. The molecule has 0 fully saturated rings. The highest BCUT2D eigenvalue weighted by atomic mass is 16.2. The average molecular weight is 318 g/mol. The molecule has 0 aliphatic heterocycles. The summed E-state index contributed by atoms with van der Waals surface area (Å²) < 4.78 is 0. The molecule has 0 atom stereocenters. The lowest BCUT2D eigenvalue weighted by atomic mass is 10.1. The van der Waals surface area contributed by atoms with E-state index in [4.69, 9.17) is 0 Å². The third kappa shape index (κ3) is 7.31. The van der Waals surface area contributed by atoms with Crippen LogP contribution in [0.5, 0.6) is 0 Å². The van der Waals surface area contributed by atoms with E-state index < -0.39 is 0 Å².